The van der Waals surface area contributed by atoms with Crippen LogP contribution in [0.25, 0.3) is 11.0 Å². The van der Waals surface area contributed by atoms with Crippen molar-refractivity contribution < 1.29 is 0 Å². The summed E-state index contributed by atoms with van der Waals surface area (Å²) in [5, 5.41) is 0. The molecule has 0 unspecified atom stereocenters. The Morgan fingerprint density at radius 3 is 2.73 bits per heavy atom. The number of imidazole rings is 1. The second-order valence-electron chi connectivity index (χ2n) is 2.04. The SMILES string of the molecule is Brn1cnc2ccccc21.Cl. The summed E-state index contributed by atoms with van der Waals surface area (Å²) >= 11 is 3.32. The molecule has 0 N–H and O–H groups in total. The van der Waals surface area contributed by atoms with Gasteiger partial charge in [0.15, 0.2) is 0 Å². The molecule has 58 valence electrons. The number of halogens is 2. The van der Waals surface area contributed by atoms with E-state index in [1.807, 2.05) is 27.9 Å². The Labute approximate surface area is 79.0 Å². The van der Waals surface area contributed by atoms with Crippen LogP contribution in [0.5, 0.6) is 0 Å². The van der Waals surface area contributed by atoms with E-state index in [9.17, 15) is 0 Å². The van der Waals surface area contributed by atoms with Gasteiger partial charge in [-0.15, -0.1) is 12.4 Å². The van der Waals surface area contributed by atoms with Crippen LogP contribution in [0.15, 0.2) is 30.6 Å². The van der Waals surface area contributed by atoms with Gasteiger partial charge in [-0.2, -0.15) is 0 Å². The lowest BCUT2D eigenvalue weighted by Crippen LogP contribution is -1.71. The Morgan fingerprint density at radius 2 is 2.00 bits per heavy atom. The van der Waals surface area contributed by atoms with Gasteiger partial charge in [0.25, 0.3) is 0 Å². The third-order valence-corrected chi connectivity index (χ3v) is 1.98. The first-order chi connectivity index (χ1) is 4.88. The molecular formula is C7H6BrClN2. The minimum Gasteiger partial charge on any atom is -0.265 e. The third-order valence-electron chi connectivity index (χ3n) is 1.41. The molecule has 0 bridgehead atoms. The molecule has 11 heavy (non-hydrogen) atoms. The molecule has 0 radical (unpaired) electrons. The molecule has 2 nitrogen and oxygen atoms in total. The summed E-state index contributed by atoms with van der Waals surface area (Å²) in [6.45, 7) is 0. The fourth-order valence-corrected chi connectivity index (χ4v) is 1.32. The topological polar surface area (TPSA) is 17.8 Å². The molecule has 2 aromatic rings. The third kappa shape index (κ3) is 1.39. The lowest BCUT2D eigenvalue weighted by atomic mass is 10.3. The van der Waals surface area contributed by atoms with Gasteiger partial charge in [-0.3, -0.25) is 3.59 Å². The maximum atomic E-state index is 4.13. The number of hydrogen-bond donors (Lipinski definition) is 0. The zero-order valence-corrected chi connectivity index (χ0v) is 7.97. The van der Waals surface area contributed by atoms with Crippen molar-refractivity contribution in [3.8, 4) is 0 Å². The summed E-state index contributed by atoms with van der Waals surface area (Å²) < 4.78 is 1.82. The minimum absolute atomic E-state index is 0. The molecular weight excluding hydrogens is 227 g/mol. The summed E-state index contributed by atoms with van der Waals surface area (Å²) in [6.07, 6.45) is 1.74. The van der Waals surface area contributed by atoms with Crippen LogP contribution in [0.3, 0.4) is 0 Å². The highest BCUT2D eigenvalue weighted by molar-refractivity contribution is 9.08. The Morgan fingerprint density at radius 1 is 1.27 bits per heavy atom. The predicted octanol–water partition coefficient (Wildman–Crippen LogP) is 2.62. The quantitative estimate of drug-likeness (QED) is 0.684. The van der Waals surface area contributed by atoms with Gasteiger partial charge in [-0.25, -0.2) is 4.98 Å². The molecule has 0 amide bonds. The van der Waals surface area contributed by atoms with Gasteiger partial charge in [-0.1, -0.05) is 12.1 Å². The van der Waals surface area contributed by atoms with Crippen LogP contribution in [0, 0.1) is 0 Å². The van der Waals surface area contributed by atoms with Gasteiger partial charge in [-0.05, 0) is 12.1 Å². The zero-order chi connectivity index (χ0) is 6.97. The highest BCUT2D eigenvalue weighted by atomic mass is 79.9. The first-order valence-electron chi connectivity index (χ1n) is 2.96. The van der Waals surface area contributed by atoms with Crippen LogP contribution in [0.1, 0.15) is 0 Å². The van der Waals surface area contributed by atoms with E-state index in [0.717, 1.165) is 11.0 Å². The van der Waals surface area contributed by atoms with Crippen molar-refractivity contribution in [1.82, 2.24) is 8.58 Å². The molecule has 0 saturated heterocycles. The fraction of sp³-hybridized carbons (Fsp3) is 0. The smallest absolute Gasteiger partial charge is 0.106 e. The summed E-state index contributed by atoms with van der Waals surface area (Å²) in [7, 11) is 0. The number of fused-ring (bicyclic) bond motifs is 1. The molecule has 0 saturated carbocycles. The Balaban J connectivity index is 0.000000605. The highest BCUT2D eigenvalue weighted by Gasteiger charge is 1.95. The van der Waals surface area contributed by atoms with Crippen molar-refractivity contribution in [2.24, 2.45) is 0 Å². The Hall–Kier alpha value is -0.540. The number of hydrogen-bond acceptors (Lipinski definition) is 1. The van der Waals surface area contributed by atoms with E-state index in [1.165, 1.54) is 0 Å². The minimum atomic E-state index is 0. The lowest BCUT2D eigenvalue weighted by Gasteiger charge is -1.87. The van der Waals surface area contributed by atoms with Crippen molar-refractivity contribution in [2.75, 3.05) is 0 Å². The molecule has 0 aliphatic rings. The molecule has 1 aromatic heterocycles. The van der Waals surface area contributed by atoms with Gasteiger partial charge >= 0.3 is 0 Å². The van der Waals surface area contributed by atoms with Crippen LogP contribution < -0.4 is 0 Å². The number of rotatable bonds is 0. The van der Waals surface area contributed by atoms with Gasteiger partial charge in [0, 0.05) is 0 Å². The van der Waals surface area contributed by atoms with E-state index >= 15 is 0 Å². The van der Waals surface area contributed by atoms with E-state index < -0.39 is 0 Å². The van der Waals surface area contributed by atoms with Gasteiger partial charge < -0.3 is 0 Å². The maximum absolute atomic E-state index is 4.13. The van der Waals surface area contributed by atoms with Crippen LogP contribution in [0.2, 0.25) is 0 Å². The normalized spacial score (nSPS) is 9.55. The van der Waals surface area contributed by atoms with Crippen molar-refractivity contribution in [3.05, 3.63) is 30.6 Å². The number of nitrogens with zero attached hydrogens (tertiary/aromatic N) is 2. The molecule has 0 spiro atoms. The van der Waals surface area contributed by atoms with Gasteiger partial charge in [0.2, 0.25) is 0 Å². The van der Waals surface area contributed by atoms with E-state index in [-0.39, 0.29) is 12.4 Å². The van der Waals surface area contributed by atoms with E-state index in [2.05, 4.69) is 21.1 Å². The van der Waals surface area contributed by atoms with E-state index in [1.54, 1.807) is 6.33 Å². The Kier molecular flexibility index (Phi) is 2.52. The van der Waals surface area contributed by atoms with Crippen molar-refractivity contribution in [1.29, 1.82) is 0 Å². The maximum Gasteiger partial charge on any atom is 0.106 e. The molecule has 0 atom stereocenters. The summed E-state index contributed by atoms with van der Waals surface area (Å²) in [5.41, 5.74) is 2.11. The number of aromatic nitrogens is 2. The van der Waals surface area contributed by atoms with Crippen LogP contribution in [-0.4, -0.2) is 8.58 Å². The molecule has 0 aliphatic carbocycles. The second-order valence-corrected chi connectivity index (χ2v) is 2.81. The molecule has 1 heterocycles. The fourth-order valence-electron chi connectivity index (χ4n) is 0.929. The van der Waals surface area contributed by atoms with E-state index in [4.69, 9.17) is 0 Å². The zero-order valence-electron chi connectivity index (χ0n) is 5.57. The summed E-state index contributed by atoms with van der Waals surface area (Å²) in [6, 6.07) is 7.95. The summed E-state index contributed by atoms with van der Waals surface area (Å²) in [4.78, 5) is 4.13. The molecule has 0 fully saturated rings. The highest BCUT2D eigenvalue weighted by Crippen LogP contribution is 2.12. The van der Waals surface area contributed by atoms with Crippen LogP contribution in [0.4, 0.5) is 0 Å². The van der Waals surface area contributed by atoms with Gasteiger partial charge in [0.1, 0.15) is 6.33 Å². The Bertz CT molecular complexity index is 358. The average molecular weight is 233 g/mol. The van der Waals surface area contributed by atoms with Gasteiger partial charge in [0.05, 0.1) is 27.2 Å². The van der Waals surface area contributed by atoms with Crippen molar-refractivity contribution >= 4 is 39.6 Å². The standard InChI is InChI=1S/C7H5BrN2.ClH/c8-10-5-9-6-3-1-2-4-7(6)10;/h1-5H;1H. The lowest BCUT2D eigenvalue weighted by molar-refractivity contribution is 1.29. The molecule has 1 aromatic carbocycles. The molecule has 0 aliphatic heterocycles. The summed E-state index contributed by atoms with van der Waals surface area (Å²) in [5.74, 6) is 0. The average Bonchev–Trinajstić information content (AvgIpc) is 2.34. The first-order valence-corrected chi connectivity index (χ1v) is 3.67. The number of para-hydroxylation sites is 2. The molecule has 4 heteroatoms. The first kappa shape index (κ1) is 8.56. The number of benzene rings is 1. The second kappa shape index (κ2) is 3.24. The predicted molar refractivity (Wildman–Crippen MR) is 51.3 cm³/mol. The molecule has 2 rings (SSSR count). The van der Waals surface area contributed by atoms with Crippen molar-refractivity contribution in [2.45, 2.75) is 0 Å². The van der Waals surface area contributed by atoms with Crippen LogP contribution in [-0.2, 0) is 0 Å². The van der Waals surface area contributed by atoms with Crippen LogP contribution >= 0.6 is 28.6 Å². The van der Waals surface area contributed by atoms with E-state index in [0.29, 0.717) is 0 Å². The largest absolute Gasteiger partial charge is 0.265 e. The monoisotopic (exact) mass is 232 g/mol. The van der Waals surface area contributed by atoms with Crippen molar-refractivity contribution in [3.63, 3.8) is 0 Å².